The highest BCUT2D eigenvalue weighted by Crippen LogP contribution is 2.21. The van der Waals surface area contributed by atoms with Crippen molar-refractivity contribution in [2.45, 2.75) is 5.92 Å². The molecule has 80 valence electrons. The van der Waals surface area contributed by atoms with Crippen LogP contribution in [0.1, 0.15) is 11.5 Å². The maximum atomic E-state index is 13.3. The molecule has 3 N–H and O–H groups in total. The lowest BCUT2D eigenvalue weighted by molar-refractivity contribution is 0.381. The van der Waals surface area contributed by atoms with E-state index < -0.39 is 5.82 Å². The second-order valence-electron chi connectivity index (χ2n) is 3.45. The van der Waals surface area contributed by atoms with E-state index in [0.29, 0.717) is 0 Å². The monoisotopic (exact) mass is 209 g/mol. The van der Waals surface area contributed by atoms with Crippen molar-refractivity contribution in [3.63, 3.8) is 0 Å². The highest BCUT2D eigenvalue weighted by molar-refractivity contribution is 5.69. The molecule has 1 aromatic rings. The van der Waals surface area contributed by atoms with Gasteiger partial charge in [-0.2, -0.15) is 5.10 Å². The molecule has 0 unspecified atom stereocenters. The molecule has 0 saturated heterocycles. The molecule has 1 atom stereocenters. The van der Waals surface area contributed by atoms with Gasteiger partial charge in [-0.1, -0.05) is 0 Å². The number of aromatic nitrogens is 1. The van der Waals surface area contributed by atoms with E-state index in [-0.39, 0.29) is 11.7 Å². The van der Waals surface area contributed by atoms with Crippen LogP contribution in [-0.2, 0) is 0 Å². The molecule has 0 amide bonds. The van der Waals surface area contributed by atoms with Gasteiger partial charge in [0.05, 0.1) is 0 Å². The van der Waals surface area contributed by atoms with Crippen LogP contribution < -0.4 is 11.3 Å². The van der Waals surface area contributed by atoms with Gasteiger partial charge in [-0.25, -0.2) is 15.2 Å². The summed E-state index contributed by atoms with van der Waals surface area (Å²) in [6.45, 7) is 0.747. The van der Waals surface area contributed by atoms with Gasteiger partial charge in [0, 0.05) is 31.9 Å². The van der Waals surface area contributed by atoms with E-state index in [1.54, 1.807) is 17.4 Å². The minimum Gasteiger partial charge on any atom is -0.306 e. The normalized spacial score (nSPS) is 19.7. The van der Waals surface area contributed by atoms with Crippen LogP contribution in [0.2, 0.25) is 0 Å². The highest BCUT2D eigenvalue weighted by Gasteiger charge is 2.18. The Labute approximate surface area is 86.8 Å². The standard InChI is InChI=1S/C9H12FN5/c1-15-5-7(4-13-15)6-2-8(10)9(14-11)12-3-6/h2-4,7H,5,11H2,1H3,(H,12,14)/t7-/m1/s1. The summed E-state index contributed by atoms with van der Waals surface area (Å²) in [5, 5.41) is 5.89. The van der Waals surface area contributed by atoms with E-state index in [1.165, 1.54) is 6.07 Å². The molecule has 15 heavy (non-hydrogen) atoms. The van der Waals surface area contributed by atoms with Gasteiger partial charge < -0.3 is 5.43 Å². The van der Waals surface area contributed by atoms with Crippen LogP contribution >= 0.6 is 0 Å². The van der Waals surface area contributed by atoms with Gasteiger partial charge >= 0.3 is 0 Å². The number of nitrogens with one attached hydrogen (secondary N) is 1. The van der Waals surface area contributed by atoms with Crippen molar-refractivity contribution in [3.8, 4) is 0 Å². The summed E-state index contributed by atoms with van der Waals surface area (Å²) in [4.78, 5) is 3.88. The number of hydrazone groups is 1. The van der Waals surface area contributed by atoms with Crippen LogP contribution in [0.15, 0.2) is 17.4 Å². The van der Waals surface area contributed by atoms with Crippen molar-refractivity contribution in [1.29, 1.82) is 0 Å². The molecule has 0 bridgehead atoms. The summed E-state index contributed by atoms with van der Waals surface area (Å²) in [5.41, 5.74) is 3.00. The fourth-order valence-electron chi connectivity index (χ4n) is 1.53. The molecule has 0 fully saturated rings. The zero-order valence-corrected chi connectivity index (χ0v) is 8.31. The molecular weight excluding hydrogens is 197 g/mol. The van der Waals surface area contributed by atoms with Gasteiger partial charge in [-0.05, 0) is 11.6 Å². The lowest BCUT2D eigenvalue weighted by Crippen LogP contribution is -2.14. The van der Waals surface area contributed by atoms with Crippen LogP contribution in [0.3, 0.4) is 0 Å². The Hall–Kier alpha value is -1.69. The second kappa shape index (κ2) is 3.82. The van der Waals surface area contributed by atoms with E-state index in [4.69, 9.17) is 5.84 Å². The smallest absolute Gasteiger partial charge is 0.176 e. The first kappa shape index (κ1) is 9.85. The van der Waals surface area contributed by atoms with Gasteiger partial charge in [0.25, 0.3) is 0 Å². The Morgan fingerprint density at radius 1 is 1.67 bits per heavy atom. The maximum Gasteiger partial charge on any atom is 0.176 e. The van der Waals surface area contributed by atoms with Crippen LogP contribution in [0.5, 0.6) is 0 Å². The molecule has 2 heterocycles. The SMILES string of the molecule is CN1C[C@H](c2cnc(NN)c(F)c2)C=N1. The molecule has 6 heteroatoms. The van der Waals surface area contributed by atoms with E-state index in [9.17, 15) is 4.39 Å². The molecule has 5 nitrogen and oxygen atoms in total. The lowest BCUT2D eigenvalue weighted by atomic mass is 10.0. The third kappa shape index (κ3) is 1.89. The molecular formula is C9H12FN5. The maximum absolute atomic E-state index is 13.3. The number of hydrogen-bond acceptors (Lipinski definition) is 5. The summed E-state index contributed by atoms with van der Waals surface area (Å²) in [6.07, 6.45) is 3.39. The number of likely N-dealkylation sites (N-methyl/N-ethyl adjacent to an activating group) is 1. The van der Waals surface area contributed by atoms with Gasteiger partial charge in [0.15, 0.2) is 11.6 Å². The molecule has 1 aromatic heterocycles. The second-order valence-corrected chi connectivity index (χ2v) is 3.45. The third-order valence-electron chi connectivity index (χ3n) is 2.33. The first-order valence-corrected chi connectivity index (χ1v) is 4.58. The van der Waals surface area contributed by atoms with E-state index in [0.717, 1.165) is 12.1 Å². The van der Waals surface area contributed by atoms with Crippen molar-refractivity contribution in [3.05, 3.63) is 23.6 Å². The molecule has 0 aliphatic carbocycles. The number of rotatable bonds is 2. The molecule has 1 aliphatic heterocycles. The number of nitrogen functional groups attached to an aromatic ring is 1. The van der Waals surface area contributed by atoms with Gasteiger partial charge in [0.2, 0.25) is 0 Å². The summed E-state index contributed by atoms with van der Waals surface area (Å²) in [5.74, 6) is 4.80. The summed E-state index contributed by atoms with van der Waals surface area (Å²) >= 11 is 0. The lowest BCUT2D eigenvalue weighted by Gasteiger charge is -2.10. The fraction of sp³-hybridized carbons (Fsp3) is 0.333. The number of anilines is 1. The van der Waals surface area contributed by atoms with E-state index >= 15 is 0 Å². The number of nitrogens with zero attached hydrogens (tertiary/aromatic N) is 3. The van der Waals surface area contributed by atoms with Crippen molar-refractivity contribution in [2.75, 3.05) is 19.0 Å². The van der Waals surface area contributed by atoms with Crippen LogP contribution in [-0.4, -0.2) is 29.8 Å². The fourth-order valence-corrected chi connectivity index (χ4v) is 1.53. The molecule has 0 aromatic carbocycles. The Kier molecular flexibility index (Phi) is 2.51. The molecule has 0 saturated carbocycles. The van der Waals surface area contributed by atoms with E-state index in [2.05, 4.69) is 15.5 Å². The van der Waals surface area contributed by atoms with Crippen molar-refractivity contribution in [2.24, 2.45) is 10.9 Å². The molecule has 0 radical (unpaired) electrons. The average Bonchev–Trinajstić information content (AvgIpc) is 2.65. The summed E-state index contributed by atoms with van der Waals surface area (Å²) in [6, 6.07) is 1.43. The first-order chi connectivity index (χ1) is 7.20. The number of hydrogen-bond donors (Lipinski definition) is 2. The largest absolute Gasteiger partial charge is 0.306 e. The molecule has 0 spiro atoms. The predicted molar refractivity (Wildman–Crippen MR) is 55.9 cm³/mol. The van der Waals surface area contributed by atoms with Crippen LogP contribution in [0, 0.1) is 5.82 Å². The summed E-state index contributed by atoms with van der Waals surface area (Å²) in [7, 11) is 1.87. The number of pyridine rings is 1. The number of hydrazine groups is 1. The van der Waals surface area contributed by atoms with Gasteiger partial charge in [-0.15, -0.1) is 0 Å². The molecule has 1 aliphatic rings. The third-order valence-corrected chi connectivity index (χ3v) is 2.33. The minimum atomic E-state index is -0.446. The Morgan fingerprint density at radius 2 is 2.47 bits per heavy atom. The van der Waals surface area contributed by atoms with Crippen molar-refractivity contribution < 1.29 is 4.39 Å². The topological polar surface area (TPSA) is 66.5 Å². The van der Waals surface area contributed by atoms with Crippen LogP contribution in [0.4, 0.5) is 10.2 Å². The van der Waals surface area contributed by atoms with Crippen LogP contribution in [0.25, 0.3) is 0 Å². The highest BCUT2D eigenvalue weighted by atomic mass is 19.1. The van der Waals surface area contributed by atoms with Gasteiger partial charge in [-0.3, -0.25) is 5.01 Å². The molecule has 2 rings (SSSR count). The average molecular weight is 209 g/mol. The van der Waals surface area contributed by atoms with Crippen molar-refractivity contribution >= 4 is 12.0 Å². The minimum absolute atomic E-state index is 0.0574. The Bertz CT molecular complexity index is 392. The Morgan fingerprint density at radius 3 is 3.00 bits per heavy atom. The van der Waals surface area contributed by atoms with Gasteiger partial charge in [0.1, 0.15) is 0 Å². The summed E-state index contributed by atoms with van der Waals surface area (Å²) < 4.78 is 13.3. The van der Waals surface area contributed by atoms with E-state index in [1.807, 2.05) is 7.05 Å². The zero-order chi connectivity index (χ0) is 10.8. The quantitative estimate of drug-likeness (QED) is 0.550. The van der Waals surface area contributed by atoms with Crippen molar-refractivity contribution in [1.82, 2.24) is 9.99 Å². The first-order valence-electron chi connectivity index (χ1n) is 4.58. The zero-order valence-electron chi connectivity index (χ0n) is 8.31. The number of halogens is 1. The Balaban J connectivity index is 2.23. The predicted octanol–water partition coefficient (Wildman–Crippen LogP) is 0.521. The number of nitrogens with two attached hydrogens (primary N) is 1.